The lowest BCUT2D eigenvalue weighted by atomic mass is 9.91. The summed E-state index contributed by atoms with van der Waals surface area (Å²) in [4.78, 5) is 4.58. The molecule has 0 spiro atoms. The van der Waals surface area contributed by atoms with Gasteiger partial charge in [-0.15, -0.1) is 0 Å². The molecule has 1 atom stereocenters. The SMILES string of the molecule is [2H]c1nc(-n2c3ccccc3c3ccc(Oc4cccc(-n5[c-][n+](-c6c(-c7ccccc7)cccc6-c6ccccc6)c6ccccc65)c4)cc32)c([2H])c(C(C)C(C)C)c1[2H]. The lowest BCUT2D eigenvalue weighted by Crippen LogP contribution is -2.31. The maximum atomic E-state index is 9.37. The van der Waals surface area contributed by atoms with Crippen LogP contribution in [0, 0.1) is 12.2 Å². The predicted molar refractivity (Wildman–Crippen MR) is 236 cm³/mol. The molecule has 0 N–H and O–H groups in total. The molecule has 3 aromatic heterocycles. The highest BCUT2D eigenvalue weighted by Gasteiger charge is 2.21. The van der Waals surface area contributed by atoms with Crippen molar-refractivity contribution in [3.05, 3.63) is 200 Å². The van der Waals surface area contributed by atoms with Gasteiger partial charge in [-0.1, -0.05) is 148 Å². The molecule has 1 unspecified atom stereocenters. The van der Waals surface area contributed by atoms with Gasteiger partial charge in [0.05, 0.1) is 37.6 Å². The average molecular weight is 754 g/mol. The normalized spacial score (nSPS) is 12.9. The van der Waals surface area contributed by atoms with Crippen molar-refractivity contribution in [1.29, 1.82) is 0 Å². The third-order valence-electron chi connectivity index (χ3n) is 11.2. The number of imidazole rings is 1. The fourth-order valence-electron chi connectivity index (χ4n) is 7.95. The van der Waals surface area contributed by atoms with Crippen molar-refractivity contribution in [1.82, 2.24) is 14.1 Å². The first kappa shape index (κ1) is 31.9. The van der Waals surface area contributed by atoms with Crippen LogP contribution in [-0.4, -0.2) is 14.1 Å². The van der Waals surface area contributed by atoms with Crippen LogP contribution in [-0.2, 0) is 0 Å². The standard InChI is InChI=1S/C53H42N4O/c1-36(2)37(3)40-30-31-54-52(32-40)57-48-25-11-10-22-46(48)47-29-28-43(34-51(47)57)58-42-21-14-20-41(33-42)55-35-56(50-27-13-12-26-49(50)55)53-44(38-16-6-4-7-17-38)23-15-24-45(53)39-18-8-5-9-19-39/h4-34,36-37H,1-3H3/i30D,31D,32D. The highest BCUT2D eigenvalue weighted by Crippen LogP contribution is 2.37. The first-order valence-corrected chi connectivity index (χ1v) is 19.8. The molecule has 5 heteroatoms. The number of rotatable bonds is 9. The Kier molecular flexibility index (Phi) is 8.08. The minimum Gasteiger partial charge on any atom is -0.458 e. The van der Waals surface area contributed by atoms with E-state index in [-0.39, 0.29) is 30.1 Å². The van der Waals surface area contributed by atoms with Crippen LogP contribution in [0.1, 0.15) is 36.4 Å². The highest BCUT2D eigenvalue weighted by atomic mass is 16.5. The monoisotopic (exact) mass is 753 g/mol. The van der Waals surface area contributed by atoms with Crippen molar-refractivity contribution in [2.45, 2.75) is 26.7 Å². The molecule has 0 saturated carbocycles. The van der Waals surface area contributed by atoms with E-state index in [4.69, 9.17) is 7.48 Å². The van der Waals surface area contributed by atoms with Crippen LogP contribution in [0.4, 0.5) is 0 Å². The summed E-state index contributed by atoms with van der Waals surface area (Å²) >= 11 is 0. The van der Waals surface area contributed by atoms with Gasteiger partial charge in [-0.25, -0.2) is 4.98 Å². The fraction of sp³-hybridized carbons (Fsp3) is 0.0943. The average Bonchev–Trinajstić information content (AvgIpc) is 3.84. The van der Waals surface area contributed by atoms with Gasteiger partial charge < -0.3 is 4.74 Å². The van der Waals surface area contributed by atoms with Gasteiger partial charge in [-0.2, -0.15) is 0 Å². The molecule has 3 heterocycles. The number of nitrogens with zero attached hydrogens (tertiary/aromatic N) is 4. The summed E-state index contributed by atoms with van der Waals surface area (Å²) in [5, 5.41) is 1.97. The van der Waals surface area contributed by atoms with Crippen molar-refractivity contribution < 1.29 is 13.4 Å². The molecule has 10 aromatic rings. The Balaban J connectivity index is 1.09. The Morgan fingerprint density at radius 3 is 2.00 bits per heavy atom. The smallest absolute Gasteiger partial charge is 0.269 e. The number of hydrogen-bond acceptors (Lipinski definition) is 2. The van der Waals surface area contributed by atoms with Crippen LogP contribution >= 0.6 is 0 Å². The van der Waals surface area contributed by atoms with E-state index in [9.17, 15) is 1.37 Å². The number of fused-ring (bicyclic) bond motifs is 4. The van der Waals surface area contributed by atoms with Gasteiger partial charge in [0, 0.05) is 23.0 Å². The van der Waals surface area contributed by atoms with Crippen molar-refractivity contribution in [2.75, 3.05) is 0 Å². The Bertz CT molecular complexity index is 3210. The number of para-hydroxylation sites is 4. The van der Waals surface area contributed by atoms with Crippen molar-refractivity contribution in [3.63, 3.8) is 0 Å². The van der Waals surface area contributed by atoms with Crippen LogP contribution in [0.15, 0.2) is 188 Å². The van der Waals surface area contributed by atoms with Gasteiger partial charge in [0.2, 0.25) is 0 Å². The molecule has 0 aliphatic heterocycles. The van der Waals surface area contributed by atoms with Gasteiger partial charge in [0.25, 0.3) is 6.33 Å². The van der Waals surface area contributed by atoms with E-state index in [1.807, 2.05) is 78.2 Å². The maximum absolute atomic E-state index is 9.37. The second-order valence-electron chi connectivity index (χ2n) is 15.1. The van der Waals surface area contributed by atoms with Crippen molar-refractivity contribution in [2.24, 2.45) is 5.92 Å². The van der Waals surface area contributed by atoms with Crippen molar-refractivity contribution >= 4 is 32.8 Å². The molecule has 0 amide bonds. The quantitative estimate of drug-likeness (QED) is 0.109. The van der Waals surface area contributed by atoms with Gasteiger partial charge in [0.1, 0.15) is 17.3 Å². The topological polar surface area (TPSA) is 35.9 Å². The Hall–Kier alpha value is -7.24. The summed E-state index contributed by atoms with van der Waals surface area (Å²) in [6.45, 7) is 6.17. The van der Waals surface area contributed by atoms with Crippen molar-refractivity contribution in [3.8, 4) is 50.9 Å². The van der Waals surface area contributed by atoms with E-state index in [1.165, 1.54) is 0 Å². The van der Waals surface area contributed by atoms with Crippen LogP contribution in [0.2, 0.25) is 0 Å². The molecule has 0 fully saturated rings. The number of hydrogen-bond donors (Lipinski definition) is 0. The zero-order valence-corrected chi connectivity index (χ0v) is 32.5. The maximum Gasteiger partial charge on any atom is 0.269 e. The zero-order chi connectivity index (χ0) is 41.8. The second kappa shape index (κ2) is 14.7. The lowest BCUT2D eigenvalue weighted by molar-refractivity contribution is -0.571. The summed E-state index contributed by atoms with van der Waals surface area (Å²) < 4.78 is 39.7. The van der Waals surface area contributed by atoms with Crippen LogP contribution in [0.5, 0.6) is 11.5 Å². The van der Waals surface area contributed by atoms with E-state index in [2.05, 4.69) is 137 Å². The number of ether oxygens (including phenoxy) is 1. The highest BCUT2D eigenvalue weighted by molar-refractivity contribution is 6.09. The van der Waals surface area contributed by atoms with Crippen LogP contribution in [0.25, 0.3) is 72.3 Å². The van der Waals surface area contributed by atoms with E-state index < -0.39 is 0 Å². The lowest BCUT2D eigenvalue weighted by Gasteiger charge is -2.17. The zero-order valence-electron chi connectivity index (χ0n) is 35.5. The molecule has 0 aliphatic rings. The molecule has 58 heavy (non-hydrogen) atoms. The fourth-order valence-corrected chi connectivity index (χ4v) is 7.95. The molecule has 5 nitrogen and oxygen atoms in total. The van der Waals surface area contributed by atoms with E-state index in [0.29, 0.717) is 22.9 Å². The first-order chi connectivity index (χ1) is 29.8. The van der Waals surface area contributed by atoms with E-state index >= 15 is 0 Å². The summed E-state index contributed by atoms with van der Waals surface area (Å²) in [7, 11) is 0. The number of pyridine rings is 1. The largest absolute Gasteiger partial charge is 0.458 e. The Morgan fingerprint density at radius 2 is 1.26 bits per heavy atom. The molecule has 10 rings (SSSR count). The van der Waals surface area contributed by atoms with Crippen LogP contribution < -0.4 is 9.30 Å². The van der Waals surface area contributed by atoms with Gasteiger partial charge >= 0.3 is 0 Å². The molecule has 7 aromatic carbocycles. The van der Waals surface area contributed by atoms with Gasteiger partial charge in [-0.3, -0.25) is 13.7 Å². The molecule has 0 bridgehead atoms. The Morgan fingerprint density at radius 1 is 0.621 bits per heavy atom. The van der Waals surface area contributed by atoms with Crippen LogP contribution in [0.3, 0.4) is 0 Å². The molecular weight excluding hydrogens is 709 g/mol. The third-order valence-corrected chi connectivity index (χ3v) is 11.2. The summed E-state index contributed by atoms with van der Waals surface area (Å²) in [6, 6.07) is 58.1. The minimum atomic E-state index is -0.140. The molecule has 0 aliphatic carbocycles. The third kappa shape index (κ3) is 6.22. The second-order valence-corrected chi connectivity index (χ2v) is 15.1. The summed E-state index contributed by atoms with van der Waals surface area (Å²) in [5.74, 6) is 1.67. The summed E-state index contributed by atoms with van der Waals surface area (Å²) in [5.41, 5.74) is 10.6. The van der Waals surface area contributed by atoms with E-state index in [0.717, 1.165) is 66.5 Å². The van der Waals surface area contributed by atoms with E-state index in [1.54, 1.807) is 0 Å². The molecule has 0 radical (unpaired) electrons. The molecule has 0 saturated heterocycles. The number of benzene rings is 7. The van der Waals surface area contributed by atoms with Gasteiger partial charge in [0.15, 0.2) is 0 Å². The predicted octanol–water partition coefficient (Wildman–Crippen LogP) is 13.1. The first-order valence-electron chi connectivity index (χ1n) is 21.3. The number of aromatic nitrogens is 4. The molecular formula is C53H42N4O. The summed E-state index contributed by atoms with van der Waals surface area (Å²) in [6.07, 6.45) is 3.61. The molecule has 280 valence electrons. The minimum absolute atomic E-state index is 0.00916. The van der Waals surface area contributed by atoms with Gasteiger partial charge in [-0.05, 0) is 88.1 Å². The Labute approximate surface area is 342 Å².